The molecule has 1 unspecified atom stereocenters. The number of nitrogens with one attached hydrogen (secondary N) is 1. The lowest BCUT2D eigenvalue weighted by molar-refractivity contribution is 0.422. The highest BCUT2D eigenvalue weighted by Gasteiger charge is 2.12. The number of hydrogen-bond donors (Lipinski definition) is 2. The van der Waals surface area contributed by atoms with Crippen molar-refractivity contribution in [3.63, 3.8) is 0 Å². The molecule has 2 nitrogen and oxygen atoms in total. The van der Waals surface area contributed by atoms with Crippen LogP contribution in [0.2, 0.25) is 0 Å². The van der Waals surface area contributed by atoms with E-state index in [0.717, 1.165) is 12.8 Å². The zero-order chi connectivity index (χ0) is 12.1. The molecule has 1 rings (SSSR count). The van der Waals surface area contributed by atoms with Gasteiger partial charge in [-0.15, -0.1) is 0 Å². The molecule has 90 valence electrons. The average Bonchev–Trinajstić information content (AvgIpc) is 2.21. The van der Waals surface area contributed by atoms with Crippen LogP contribution in [0.25, 0.3) is 0 Å². The molecule has 0 heterocycles. The molecule has 1 aromatic rings. The van der Waals surface area contributed by atoms with E-state index in [1.165, 1.54) is 16.7 Å². The third kappa shape index (κ3) is 3.62. The minimum atomic E-state index is 0.375. The van der Waals surface area contributed by atoms with Gasteiger partial charge in [0.25, 0.3) is 0 Å². The van der Waals surface area contributed by atoms with Crippen molar-refractivity contribution in [2.24, 2.45) is 11.8 Å². The van der Waals surface area contributed by atoms with Crippen LogP contribution in [0.5, 0.6) is 0 Å². The molecule has 0 bridgehead atoms. The first-order valence-electron chi connectivity index (χ1n) is 6.05. The minimum Gasteiger partial charge on any atom is -0.271 e. The largest absolute Gasteiger partial charge is 0.271 e. The fourth-order valence-electron chi connectivity index (χ4n) is 2.20. The second-order valence-corrected chi connectivity index (χ2v) is 5.07. The van der Waals surface area contributed by atoms with Crippen LogP contribution in [0.15, 0.2) is 18.2 Å². The van der Waals surface area contributed by atoms with Gasteiger partial charge in [-0.2, -0.15) is 0 Å². The predicted molar refractivity (Wildman–Crippen MR) is 70.2 cm³/mol. The SMILES string of the molecule is Cc1cccc(C)c1CC(CC(C)C)NN. The van der Waals surface area contributed by atoms with Crippen molar-refractivity contribution in [3.8, 4) is 0 Å². The molecule has 0 fully saturated rings. The number of aryl methyl sites for hydroxylation is 2. The van der Waals surface area contributed by atoms with Crippen molar-refractivity contribution >= 4 is 0 Å². The predicted octanol–water partition coefficient (Wildman–Crippen LogP) is 2.72. The Morgan fingerprint density at radius 1 is 1.19 bits per heavy atom. The van der Waals surface area contributed by atoms with Crippen LogP contribution in [-0.4, -0.2) is 6.04 Å². The number of hydrazine groups is 1. The second-order valence-electron chi connectivity index (χ2n) is 5.07. The van der Waals surface area contributed by atoms with Gasteiger partial charge in [-0.1, -0.05) is 32.0 Å². The Labute approximate surface area is 99.2 Å². The molecule has 0 saturated carbocycles. The summed E-state index contributed by atoms with van der Waals surface area (Å²) in [5.74, 6) is 6.29. The fourth-order valence-corrected chi connectivity index (χ4v) is 2.20. The van der Waals surface area contributed by atoms with Crippen LogP contribution in [0, 0.1) is 19.8 Å². The quantitative estimate of drug-likeness (QED) is 0.591. The third-order valence-electron chi connectivity index (χ3n) is 3.09. The molecular weight excluding hydrogens is 196 g/mol. The number of rotatable bonds is 5. The van der Waals surface area contributed by atoms with Crippen molar-refractivity contribution in [1.29, 1.82) is 0 Å². The molecule has 2 heteroatoms. The average molecular weight is 220 g/mol. The molecule has 0 aromatic heterocycles. The summed E-state index contributed by atoms with van der Waals surface area (Å²) in [5.41, 5.74) is 7.10. The highest BCUT2D eigenvalue weighted by atomic mass is 15.2. The molecule has 1 aromatic carbocycles. The summed E-state index contributed by atoms with van der Waals surface area (Å²) in [6, 6.07) is 6.83. The van der Waals surface area contributed by atoms with E-state index in [-0.39, 0.29) is 0 Å². The van der Waals surface area contributed by atoms with E-state index >= 15 is 0 Å². The maximum absolute atomic E-state index is 5.62. The van der Waals surface area contributed by atoms with Crippen LogP contribution in [0.4, 0.5) is 0 Å². The van der Waals surface area contributed by atoms with Gasteiger partial charge in [-0.3, -0.25) is 11.3 Å². The van der Waals surface area contributed by atoms with Crippen molar-refractivity contribution in [2.45, 2.75) is 46.6 Å². The summed E-state index contributed by atoms with van der Waals surface area (Å²) in [7, 11) is 0. The second kappa shape index (κ2) is 6.02. The monoisotopic (exact) mass is 220 g/mol. The van der Waals surface area contributed by atoms with Gasteiger partial charge >= 0.3 is 0 Å². The summed E-state index contributed by atoms with van der Waals surface area (Å²) in [4.78, 5) is 0. The van der Waals surface area contributed by atoms with Gasteiger partial charge in [0.05, 0.1) is 0 Å². The van der Waals surface area contributed by atoms with E-state index in [9.17, 15) is 0 Å². The Morgan fingerprint density at radius 3 is 2.19 bits per heavy atom. The van der Waals surface area contributed by atoms with E-state index in [4.69, 9.17) is 5.84 Å². The van der Waals surface area contributed by atoms with Crippen LogP contribution in [0.1, 0.15) is 37.0 Å². The first-order valence-corrected chi connectivity index (χ1v) is 6.05. The molecule has 0 spiro atoms. The molecule has 0 aliphatic rings. The Hall–Kier alpha value is -0.860. The topological polar surface area (TPSA) is 38.0 Å². The van der Waals surface area contributed by atoms with Gasteiger partial charge in [0, 0.05) is 6.04 Å². The molecule has 0 amide bonds. The number of hydrogen-bond acceptors (Lipinski definition) is 2. The molecule has 1 atom stereocenters. The van der Waals surface area contributed by atoms with Crippen molar-refractivity contribution < 1.29 is 0 Å². The summed E-state index contributed by atoms with van der Waals surface area (Å²) < 4.78 is 0. The fraction of sp³-hybridized carbons (Fsp3) is 0.571. The van der Waals surface area contributed by atoms with E-state index in [1.54, 1.807) is 0 Å². The van der Waals surface area contributed by atoms with Gasteiger partial charge in [0.2, 0.25) is 0 Å². The Kier molecular flexibility index (Phi) is 4.97. The normalized spacial score (nSPS) is 13.1. The van der Waals surface area contributed by atoms with Crippen molar-refractivity contribution in [1.82, 2.24) is 5.43 Å². The summed E-state index contributed by atoms with van der Waals surface area (Å²) in [6.45, 7) is 8.81. The molecule has 3 N–H and O–H groups in total. The standard InChI is InChI=1S/C14H24N2/c1-10(2)8-13(16-15)9-14-11(3)6-5-7-12(14)4/h5-7,10,13,16H,8-9,15H2,1-4H3. The Bertz CT molecular complexity index is 311. The molecule has 0 aliphatic heterocycles. The maximum Gasteiger partial charge on any atom is 0.0253 e. The van der Waals surface area contributed by atoms with Crippen molar-refractivity contribution in [2.75, 3.05) is 0 Å². The number of nitrogens with two attached hydrogens (primary N) is 1. The third-order valence-corrected chi connectivity index (χ3v) is 3.09. The van der Waals surface area contributed by atoms with Gasteiger partial charge in [-0.25, -0.2) is 0 Å². The zero-order valence-electron chi connectivity index (χ0n) is 10.9. The smallest absolute Gasteiger partial charge is 0.0253 e. The van der Waals surface area contributed by atoms with E-state index in [2.05, 4.69) is 51.3 Å². The van der Waals surface area contributed by atoms with Crippen LogP contribution in [0.3, 0.4) is 0 Å². The summed E-state index contributed by atoms with van der Waals surface area (Å²) in [6.07, 6.45) is 2.14. The molecular formula is C14H24N2. The first kappa shape index (κ1) is 13.2. The lowest BCUT2D eigenvalue weighted by Crippen LogP contribution is -2.38. The highest BCUT2D eigenvalue weighted by molar-refractivity contribution is 5.34. The zero-order valence-corrected chi connectivity index (χ0v) is 10.9. The van der Waals surface area contributed by atoms with Gasteiger partial charge in [0.1, 0.15) is 0 Å². The molecule has 0 radical (unpaired) electrons. The van der Waals surface area contributed by atoms with Crippen LogP contribution >= 0.6 is 0 Å². The van der Waals surface area contributed by atoms with E-state index in [1.807, 2.05) is 0 Å². The molecule has 16 heavy (non-hydrogen) atoms. The van der Waals surface area contributed by atoms with Gasteiger partial charge in [0.15, 0.2) is 0 Å². The highest BCUT2D eigenvalue weighted by Crippen LogP contribution is 2.17. The van der Waals surface area contributed by atoms with Crippen LogP contribution in [-0.2, 0) is 6.42 Å². The van der Waals surface area contributed by atoms with E-state index in [0.29, 0.717) is 12.0 Å². The van der Waals surface area contributed by atoms with Crippen LogP contribution < -0.4 is 11.3 Å². The maximum atomic E-state index is 5.62. The molecule has 0 aliphatic carbocycles. The molecule has 0 saturated heterocycles. The Balaban J connectivity index is 2.77. The minimum absolute atomic E-state index is 0.375. The number of benzene rings is 1. The Morgan fingerprint density at radius 2 is 1.75 bits per heavy atom. The lowest BCUT2D eigenvalue weighted by atomic mass is 9.93. The summed E-state index contributed by atoms with van der Waals surface area (Å²) in [5, 5.41) is 0. The van der Waals surface area contributed by atoms with Gasteiger partial charge in [-0.05, 0) is 49.3 Å². The van der Waals surface area contributed by atoms with E-state index < -0.39 is 0 Å². The van der Waals surface area contributed by atoms with Crippen molar-refractivity contribution in [3.05, 3.63) is 34.9 Å². The summed E-state index contributed by atoms with van der Waals surface area (Å²) >= 11 is 0. The first-order chi connectivity index (χ1) is 7.54. The van der Waals surface area contributed by atoms with Gasteiger partial charge < -0.3 is 0 Å². The lowest BCUT2D eigenvalue weighted by Gasteiger charge is -2.20.